The maximum atomic E-state index is 9.90. The van der Waals surface area contributed by atoms with Gasteiger partial charge < -0.3 is 14.7 Å². The van der Waals surface area contributed by atoms with Crippen molar-refractivity contribution in [2.24, 2.45) is 0 Å². The Morgan fingerprint density at radius 1 is 1.35 bits per heavy atom. The van der Waals surface area contributed by atoms with Crippen LogP contribution in [0.2, 0.25) is 0 Å². The monoisotopic (exact) mass is 295 g/mol. The zero-order valence-corrected chi connectivity index (χ0v) is 11.1. The Kier molecular flexibility index (Phi) is 3.86. The molecule has 4 heteroatoms. The maximum absolute atomic E-state index is 9.90. The Bertz CT molecular complexity index is 442. The first-order valence-electron chi connectivity index (χ1n) is 5.32. The van der Waals surface area contributed by atoms with E-state index >= 15 is 0 Å². The first-order valence-corrected chi connectivity index (χ1v) is 6.12. The highest BCUT2D eigenvalue weighted by Gasteiger charge is 2.20. The number of hydrogen-bond acceptors (Lipinski definition) is 3. The summed E-state index contributed by atoms with van der Waals surface area (Å²) in [4.78, 5) is 1.68. The Labute approximate surface area is 109 Å². The number of allylic oxidation sites excluding steroid dienone is 2. The fourth-order valence-electron chi connectivity index (χ4n) is 1.57. The van der Waals surface area contributed by atoms with Crippen LogP contribution in [-0.4, -0.2) is 23.3 Å². The van der Waals surface area contributed by atoms with E-state index in [0.29, 0.717) is 12.4 Å². The van der Waals surface area contributed by atoms with E-state index in [0.717, 1.165) is 10.0 Å². The van der Waals surface area contributed by atoms with Gasteiger partial charge in [-0.1, -0.05) is 30.3 Å². The molecular formula is C13H14BrNO2. The van der Waals surface area contributed by atoms with E-state index in [1.807, 2.05) is 30.3 Å². The molecule has 2 rings (SSSR count). The minimum atomic E-state index is -0.722. The van der Waals surface area contributed by atoms with Gasteiger partial charge in [-0.2, -0.15) is 0 Å². The van der Waals surface area contributed by atoms with Crippen molar-refractivity contribution in [2.75, 3.05) is 7.05 Å². The van der Waals surface area contributed by atoms with Crippen molar-refractivity contribution < 1.29 is 9.84 Å². The minimum absolute atomic E-state index is 0.456. The summed E-state index contributed by atoms with van der Waals surface area (Å²) >= 11 is 3.37. The van der Waals surface area contributed by atoms with E-state index in [4.69, 9.17) is 4.74 Å². The number of benzene rings is 1. The topological polar surface area (TPSA) is 32.7 Å². The molecule has 1 atom stereocenters. The zero-order valence-electron chi connectivity index (χ0n) is 9.51. The van der Waals surface area contributed by atoms with Gasteiger partial charge in [0.25, 0.3) is 0 Å². The number of ether oxygens (including phenoxy) is 1. The van der Waals surface area contributed by atoms with Crippen LogP contribution in [0.25, 0.3) is 0 Å². The lowest BCUT2D eigenvalue weighted by atomic mass is 10.2. The molecule has 0 saturated heterocycles. The van der Waals surface area contributed by atoms with Crippen molar-refractivity contribution in [1.82, 2.24) is 4.90 Å². The molecule has 1 aliphatic heterocycles. The van der Waals surface area contributed by atoms with Crippen molar-refractivity contribution in [3.05, 3.63) is 58.4 Å². The third kappa shape index (κ3) is 3.11. The van der Waals surface area contributed by atoms with E-state index in [2.05, 4.69) is 15.9 Å². The molecule has 17 heavy (non-hydrogen) atoms. The summed E-state index contributed by atoms with van der Waals surface area (Å²) in [5, 5.41) is 9.90. The van der Waals surface area contributed by atoms with Crippen LogP contribution in [0.15, 0.2) is 52.8 Å². The molecule has 0 aliphatic carbocycles. The number of halogens is 1. The number of aliphatic hydroxyl groups is 1. The number of nitrogens with zero attached hydrogens (tertiary/aromatic N) is 1. The average molecular weight is 296 g/mol. The van der Waals surface area contributed by atoms with Crippen molar-refractivity contribution >= 4 is 15.9 Å². The third-order valence-electron chi connectivity index (χ3n) is 2.50. The summed E-state index contributed by atoms with van der Waals surface area (Å²) in [5.74, 6) is 0.547. The van der Waals surface area contributed by atoms with Crippen LogP contribution < -0.4 is 0 Å². The van der Waals surface area contributed by atoms with Gasteiger partial charge in [0.2, 0.25) is 0 Å². The Morgan fingerprint density at radius 2 is 2.06 bits per heavy atom. The minimum Gasteiger partial charge on any atom is -0.488 e. The molecule has 3 nitrogen and oxygen atoms in total. The first kappa shape index (κ1) is 12.2. The SMILES string of the molecule is CN1C=C(Br)C=C(OCc2ccccc2)C1O. The lowest BCUT2D eigenvalue weighted by Gasteiger charge is -2.27. The zero-order chi connectivity index (χ0) is 12.3. The van der Waals surface area contributed by atoms with E-state index in [-0.39, 0.29) is 0 Å². The van der Waals surface area contributed by atoms with Gasteiger partial charge in [0, 0.05) is 17.7 Å². The summed E-state index contributed by atoms with van der Waals surface area (Å²) in [6.45, 7) is 0.456. The molecule has 1 heterocycles. The highest BCUT2D eigenvalue weighted by Crippen LogP contribution is 2.22. The van der Waals surface area contributed by atoms with Crippen molar-refractivity contribution in [3.8, 4) is 0 Å². The smallest absolute Gasteiger partial charge is 0.185 e. The van der Waals surface area contributed by atoms with Gasteiger partial charge in [0.1, 0.15) is 12.4 Å². The van der Waals surface area contributed by atoms with Gasteiger partial charge in [-0.3, -0.25) is 0 Å². The van der Waals surface area contributed by atoms with Crippen LogP contribution in [0, 0.1) is 0 Å². The van der Waals surface area contributed by atoms with E-state index in [1.54, 1.807) is 24.2 Å². The summed E-state index contributed by atoms with van der Waals surface area (Å²) in [7, 11) is 1.80. The fraction of sp³-hybridized carbons (Fsp3) is 0.231. The second-order valence-corrected chi connectivity index (χ2v) is 4.79. The molecule has 0 aromatic heterocycles. The predicted octanol–water partition coefficient (Wildman–Crippen LogP) is 2.59. The van der Waals surface area contributed by atoms with Gasteiger partial charge in [-0.15, -0.1) is 0 Å². The molecule has 0 fully saturated rings. The third-order valence-corrected chi connectivity index (χ3v) is 2.93. The second-order valence-electron chi connectivity index (χ2n) is 3.87. The van der Waals surface area contributed by atoms with Gasteiger partial charge in [0.05, 0.1) is 0 Å². The van der Waals surface area contributed by atoms with Crippen molar-refractivity contribution in [1.29, 1.82) is 0 Å². The lowest BCUT2D eigenvalue weighted by Crippen LogP contribution is -2.32. The quantitative estimate of drug-likeness (QED) is 0.930. The predicted molar refractivity (Wildman–Crippen MR) is 70.1 cm³/mol. The number of aliphatic hydroxyl groups excluding tert-OH is 1. The fourth-order valence-corrected chi connectivity index (χ4v) is 2.12. The molecule has 1 unspecified atom stereocenters. The molecule has 1 N–H and O–H groups in total. The first-order chi connectivity index (χ1) is 8.16. The van der Waals surface area contributed by atoms with Crippen LogP contribution in [0.5, 0.6) is 0 Å². The molecule has 0 bridgehead atoms. The van der Waals surface area contributed by atoms with Gasteiger partial charge in [0.15, 0.2) is 6.23 Å². The summed E-state index contributed by atoms with van der Waals surface area (Å²) < 4.78 is 6.50. The van der Waals surface area contributed by atoms with Gasteiger partial charge in [-0.25, -0.2) is 0 Å². The highest BCUT2D eigenvalue weighted by atomic mass is 79.9. The molecule has 0 radical (unpaired) electrons. The number of hydrogen-bond donors (Lipinski definition) is 1. The van der Waals surface area contributed by atoms with E-state index in [9.17, 15) is 5.11 Å². The molecule has 90 valence electrons. The Morgan fingerprint density at radius 3 is 2.76 bits per heavy atom. The average Bonchev–Trinajstić information content (AvgIpc) is 2.33. The summed E-state index contributed by atoms with van der Waals surface area (Å²) in [6, 6.07) is 9.87. The Hall–Kier alpha value is -1.26. The van der Waals surface area contributed by atoms with Gasteiger partial charge >= 0.3 is 0 Å². The summed E-state index contributed by atoms with van der Waals surface area (Å²) in [5.41, 5.74) is 1.08. The van der Waals surface area contributed by atoms with E-state index < -0.39 is 6.23 Å². The van der Waals surface area contributed by atoms with Crippen molar-refractivity contribution in [2.45, 2.75) is 12.8 Å². The largest absolute Gasteiger partial charge is 0.488 e. The van der Waals surface area contributed by atoms with Crippen LogP contribution >= 0.6 is 15.9 Å². The Balaban J connectivity index is 2.02. The molecule has 1 aromatic carbocycles. The molecule has 1 aliphatic rings. The highest BCUT2D eigenvalue weighted by molar-refractivity contribution is 9.11. The van der Waals surface area contributed by atoms with Crippen LogP contribution in [0.1, 0.15) is 5.56 Å². The molecule has 1 aromatic rings. The standard InChI is InChI=1S/C13H14BrNO2/c1-15-8-11(14)7-12(13(15)16)17-9-10-5-3-2-4-6-10/h2-8,13,16H,9H2,1H3. The molecular weight excluding hydrogens is 282 g/mol. The van der Waals surface area contributed by atoms with Crippen molar-refractivity contribution in [3.63, 3.8) is 0 Å². The summed E-state index contributed by atoms with van der Waals surface area (Å²) in [6.07, 6.45) is 2.87. The molecule has 0 saturated carbocycles. The molecule has 0 spiro atoms. The number of rotatable bonds is 3. The lowest BCUT2D eigenvalue weighted by molar-refractivity contribution is 0.0177. The van der Waals surface area contributed by atoms with Crippen LogP contribution in [0.3, 0.4) is 0 Å². The normalized spacial score (nSPS) is 19.7. The van der Waals surface area contributed by atoms with E-state index in [1.165, 1.54) is 0 Å². The second kappa shape index (κ2) is 5.38. The maximum Gasteiger partial charge on any atom is 0.185 e. The molecule has 0 amide bonds. The van der Waals surface area contributed by atoms with Crippen LogP contribution in [-0.2, 0) is 11.3 Å². The number of likely N-dealkylation sites (N-methyl/N-ethyl adjacent to an activating group) is 1. The van der Waals surface area contributed by atoms with Crippen LogP contribution in [0.4, 0.5) is 0 Å². The van der Waals surface area contributed by atoms with Gasteiger partial charge in [-0.05, 0) is 27.6 Å².